The van der Waals surface area contributed by atoms with Crippen LogP contribution in [0.3, 0.4) is 0 Å². The molecule has 0 spiro atoms. The van der Waals surface area contributed by atoms with Crippen molar-refractivity contribution >= 4 is 10.1 Å². The smallest absolute Gasteiger partial charge is 0.287 e. The van der Waals surface area contributed by atoms with Crippen LogP contribution in [0.15, 0.2) is 23.6 Å². The van der Waals surface area contributed by atoms with Gasteiger partial charge < -0.3 is 6.15 Å². The van der Waals surface area contributed by atoms with Crippen LogP contribution in [0.4, 0.5) is 0 Å². The van der Waals surface area contributed by atoms with Gasteiger partial charge in [0.15, 0.2) is 0 Å². The quantitative estimate of drug-likeness (QED) is 0.474. The zero-order chi connectivity index (χ0) is 7.49. The first-order valence-corrected chi connectivity index (χ1v) is 3.74. The van der Waals surface area contributed by atoms with Gasteiger partial charge in [-0.25, -0.2) is 0 Å². The molecule has 0 heterocycles. The lowest BCUT2D eigenvalue weighted by molar-refractivity contribution is 0.494. The van der Waals surface area contributed by atoms with Gasteiger partial charge in [0, 0.05) is 0 Å². The topological polar surface area (TPSA) is 89.4 Å². The summed E-state index contributed by atoms with van der Waals surface area (Å²) >= 11 is 0. The van der Waals surface area contributed by atoms with E-state index in [2.05, 4.69) is 6.58 Å². The van der Waals surface area contributed by atoms with Crippen molar-refractivity contribution in [3.8, 4) is 0 Å². The number of hydrogen-bond acceptors (Lipinski definition) is 3. The molecule has 0 aliphatic heterocycles. The Labute approximate surface area is 60.6 Å². The van der Waals surface area contributed by atoms with Crippen LogP contribution in [0.5, 0.6) is 0 Å². The van der Waals surface area contributed by atoms with Crippen molar-refractivity contribution in [1.29, 1.82) is 0 Å². The van der Waals surface area contributed by atoms with E-state index in [4.69, 9.17) is 4.55 Å². The predicted molar refractivity (Wildman–Crippen MR) is 40.5 cm³/mol. The van der Waals surface area contributed by atoms with E-state index in [0.717, 1.165) is 5.41 Å². The van der Waals surface area contributed by atoms with E-state index in [9.17, 15) is 8.42 Å². The van der Waals surface area contributed by atoms with E-state index >= 15 is 0 Å². The fourth-order valence-electron chi connectivity index (χ4n) is 0.283. The summed E-state index contributed by atoms with van der Waals surface area (Å²) in [5.74, 6) is 0. The lowest BCUT2D eigenvalue weighted by Crippen LogP contribution is -1.90. The van der Waals surface area contributed by atoms with Crippen LogP contribution in [-0.4, -0.2) is 13.0 Å². The van der Waals surface area contributed by atoms with Crippen molar-refractivity contribution in [2.45, 2.75) is 6.92 Å². The normalized spacial score (nSPS) is 12.0. The SMILES string of the molecule is C=CC(C)=CS(=O)(=O)O.N. The maximum absolute atomic E-state index is 10.0. The van der Waals surface area contributed by atoms with Gasteiger partial charge in [-0.1, -0.05) is 12.7 Å². The molecule has 4 N–H and O–H groups in total. The molecule has 0 rings (SSSR count). The van der Waals surface area contributed by atoms with Gasteiger partial charge in [0.25, 0.3) is 10.1 Å². The molecule has 0 amide bonds. The molecule has 0 radical (unpaired) electrons. The highest BCUT2D eigenvalue weighted by molar-refractivity contribution is 7.88. The van der Waals surface area contributed by atoms with Crippen LogP contribution in [0.25, 0.3) is 0 Å². The molecule has 10 heavy (non-hydrogen) atoms. The largest absolute Gasteiger partial charge is 0.344 e. The second kappa shape index (κ2) is 4.21. The van der Waals surface area contributed by atoms with Gasteiger partial charge in [-0.05, 0) is 12.5 Å². The summed E-state index contributed by atoms with van der Waals surface area (Å²) in [5, 5.41) is 0.736. The van der Waals surface area contributed by atoms with E-state index in [1.54, 1.807) is 0 Å². The Bertz CT molecular complexity index is 227. The predicted octanol–water partition coefficient (Wildman–Crippen LogP) is 1.13. The number of rotatable bonds is 2. The summed E-state index contributed by atoms with van der Waals surface area (Å²) in [6.45, 7) is 4.83. The lowest BCUT2D eigenvalue weighted by Gasteiger charge is -1.86. The second-order valence-corrected chi connectivity index (χ2v) is 2.85. The minimum absolute atomic E-state index is 0. The Kier molecular flexibility index (Phi) is 5.08. The van der Waals surface area contributed by atoms with Gasteiger partial charge in [-0.15, -0.1) is 0 Å². The molecule has 0 fully saturated rings. The summed E-state index contributed by atoms with van der Waals surface area (Å²) in [4.78, 5) is 0. The van der Waals surface area contributed by atoms with Gasteiger partial charge in [0.1, 0.15) is 0 Å². The maximum atomic E-state index is 10.0. The fraction of sp³-hybridized carbons (Fsp3) is 0.200. The van der Waals surface area contributed by atoms with E-state index in [-0.39, 0.29) is 6.15 Å². The molecule has 0 aromatic heterocycles. The molecule has 0 saturated carbocycles. The number of hydrogen-bond donors (Lipinski definition) is 2. The zero-order valence-corrected chi connectivity index (χ0v) is 6.56. The minimum atomic E-state index is -3.97. The van der Waals surface area contributed by atoms with Crippen LogP contribution in [0.2, 0.25) is 0 Å². The van der Waals surface area contributed by atoms with Crippen molar-refractivity contribution in [2.24, 2.45) is 0 Å². The van der Waals surface area contributed by atoms with Crippen molar-refractivity contribution in [1.82, 2.24) is 6.15 Å². The minimum Gasteiger partial charge on any atom is -0.344 e. The first-order valence-electron chi connectivity index (χ1n) is 2.24. The summed E-state index contributed by atoms with van der Waals surface area (Å²) in [7, 11) is -3.97. The average Bonchev–Trinajstić information content (AvgIpc) is 1.62. The molecule has 0 aliphatic rings. The van der Waals surface area contributed by atoms with Crippen LogP contribution < -0.4 is 6.15 Å². The second-order valence-electron chi connectivity index (χ2n) is 1.58. The van der Waals surface area contributed by atoms with Gasteiger partial charge in [-0.3, -0.25) is 4.55 Å². The summed E-state index contributed by atoms with van der Waals surface area (Å²) in [6, 6.07) is 0. The standard InChI is InChI=1S/C5H8O3S.H3N/c1-3-5(2)4-9(6,7)8;/h3-4H,1H2,2H3,(H,6,7,8);1H3. The fourth-order valence-corrected chi connectivity index (χ4v) is 0.849. The van der Waals surface area contributed by atoms with Crippen LogP contribution in [0, 0.1) is 0 Å². The third kappa shape index (κ3) is 7.35. The zero-order valence-electron chi connectivity index (χ0n) is 5.74. The molecule has 0 bridgehead atoms. The average molecular weight is 165 g/mol. The first kappa shape index (κ1) is 12.1. The highest BCUT2D eigenvalue weighted by Gasteiger charge is 1.95. The molecule has 0 aliphatic carbocycles. The first-order chi connectivity index (χ1) is 3.95. The Hall–Kier alpha value is -0.650. The van der Waals surface area contributed by atoms with Gasteiger partial charge in [-0.2, -0.15) is 8.42 Å². The highest BCUT2D eigenvalue weighted by Crippen LogP contribution is 1.95. The van der Waals surface area contributed by atoms with E-state index in [0.29, 0.717) is 5.57 Å². The molecule has 0 aromatic rings. The van der Waals surface area contributed by atoms with Gasteiger partial charge in [0.2, 0.25) is 0 Å². The van der Waals surface area contributed by atoms with Crippen LogP contribution in [-0.2, 0) is 10.1 Å². The third-order valence-corrected chi connectivity index (χ3v) is 1.33. The Balaban J connectivity index is 0. The molecular formula is C5H11NO3S. The molecule has 0 unspecified atom stereocenters. The van der Waals surface area contributed by atoms with Crippen molar-refractivity contribution in [2.75, 3.05) is 0 Å². The molecule has 0 aromatic carbocycles. The molecule has 4 nitrogen and oxygen atoms in total. The Morgan fingerprint density at radius 2 is 2.00 bits per heavy atom. The highest BCUT2D eigenvalue weighted by atomic mass is 32.2. The van der Waals surface area contributed by atoms with E-state index < -0.39 is 10.1 Å². The van der Waals surface area contributed by atoms with Crippen molar-refractivity contribution in [3.63, 3.8) is 0 Å². The number of allylic oxidation sites excluding steroid dienone is 2. The van der Waals surface area contributed by atoms with E-state index in [1.165, 1.54) is 13.0 Å². The summed E-state index contributed by atoms with van der Waals surface area (Å²) in [5.41, 5.74) is 0.414. The third-order valence-electron chi connectivity index (χ3n) is 0.657. The molecule has 60 valence electrons. The Morgan fingerprint density at radius 3 is 2.10 bits per heavy atom. The summed E-state index contributed by atoms with van der Waals surface area (Å²) < 4.78 is 28.2. The maximum Gasteiger partial charge on any atom is 0.287 e. The summed E-state index contributed by atoms with van der Waals surface area (Å²) in [6.07, 6.45) is 1.34. The Morgan fingerprint density at radius 1 is 1.60 bits per heavy atom. The molecule has 5 heteroatoms. The van der Waals surface area contributed by atoms with Crippen molar-refractivity contribution in [3.05, 3.63) is 23.6 Å². The molecule has 0 atom stereocenters. The van der Waals surface area contributed by atoms with E-state index in [1.807, 2.05) is 0 Å². The van der Waals surface area contributed by atoms with Crippen LogP contribution >= 0.6 is 0 Å². The monoisotopic (exact) mass is 165 g/mol. The van der Waals surface area contributed by atoms with Gasteiger partial charge in [0.05, 0.1) is 5.41 Å². The molecule has 0 saturated heterocycles. The van der Waals surface area contributed by atoms with Crippen molar-refractivity contribution < 1.29 is 13.0 Å². The van der Waals surface area contributed by atoms with Crippen LogP contribution in [0.1, 0.15) is 6.92 Å². The van der Waals surface area contributed by atoms with Gasteiger partial charge >= 0.3 is 0 Å². The lowest BCUT2D eigenvalue weighted by atomic mass is 10.4. The molecular weight excluding hydrogens is 154 g/mol.